The van der Waals surface area contributed by atoms with Gasteiger partial charge in [-0.05, 0) is 44.8 Å². The zero-order valence-corrected chi connectivity index (χ0v) is 13.8. The standard InChI is InChI=1S/C12H16N6.C4H9N/c1-18(2)12-13-6-5-10(15-12)14-11-7-9(16-17-11)8-3-4-8;1-2-4-5-3-1/h5-8H,3-4H2,1-2H3,(H2,13,14,15,16,17);5H,1-4H2. The van der Waals surface area contributed by atoms with Crippen LogP contribution < -0.4 is 15.5 Å². The third-order valence-electron chi connectivity index (χ3n) is 3.87. The molecule has 1 aliphatic carbocycles. The summed E-state index contributed by atoms with van der Waals surface area (Å²) in [6.45, 7) is 2.50. The van der Waals surface area contributed by atoms with Crippen LogP contribution in [0, 0.1) is 0 Å². The highest BCUT2D eigenvalue weighted by Crippen LogP contribution is 2.39. The van der Waals surface area contributed by atoms with Gasteiger partial charge in [-0.1, -0.05) is 0 Å². The van der Waals surface area contributed by atoms with Crippen molar-refractivity contribution in [3.63, 3.8) is 0 Å². The van der Waals surface area contributed by atoms with Gasteiger partial charge in [-0.15, -0.1) is 0 Å². The molecule has 1 saturated carbocycles. The minimum Gasteiger partial charge on any atom is -0.347 e. The molecule has 1 aliphatic heterocycles. The second kappa shape index (κ2) is 7.41. The monoisotopic (exact) mass is 315 g/mol. The molecule has 2 aromatic rings. The number of aromatic nitrogens is 4. The molecule has 23 heavy (non-hydrogen) atoms. The molecule has 2 aliphatic rings. The van der Waals surface area contributed by atoms with Gasteiger partial charge < -0.3 is 15.5 Å². The number of aromatic amines is 1. The van der Waals surface area contributed by atoms with Crippen molar-refractivity contribution < 1.29 is 0 Å². The van der Waals surface area contributed by atoms with Gasteiger partial charge in [0.2, 0.25) is 5.95 Å². The van der Waals surface area contributed by atoms with Crippen LogP contribution >= 0.6 is 0 Å². The number of rotatable bonds is 4. The number of hydrogen-bond acceptors (Lipinski definition) is 6. The van der Waals surface area contributed by atoms with E-state index in [1.165, 1.54) is 44.5 Å². The van der Waals surface area contributed by atoms with Gasteiger partial charge in [0.15, 0.2) is 5.82 Å². The lowest BCUT2D eigenvalue weighted by Gasteiger charge is -2.10. The van der Waals surface area contributed by atoms with Crippen molar-refractivity contribution in [3.05, 3.63) is 24.0 Å². The zero-order chi connectivity index (χ0) is 16.1. The van der Waals surface area contributed by atoms with Crippen LogP contribution in [-0.2, 0) is 0 Å². The third kappa shape index (κ3) is 4.66. The van der Waals surface area contributed by atoms with Crippen molar-refractivity contribution in [3.8, 4) is 0 Å². The fraction of sp³-hybridized carbons (Fsp3) is 0.562. The van der Waals surface area contributed by atoms with Crippen LogP contribution in [0.5, 0.6) is 0 Å². The fourth-order valence-electron chi connectivity index (χ4n) is 2.39. The van der Waals surface area contributed by atoms with E-state index in [0.717, 1.165) is 11.6 Å². The largest absolute Gasteiger partial charge is 0.347 e. The quantitative estimate of drug-likeness (QED) is 0.803. The van der Waals surface area contributed by atoms with Crippen LogP contribution in [0.15, 0.2) is 18.3 Å². The van der Waals surface area contributed by atoms with E-state index in [2.05, 4.69) is 36.9 Å². The number of nitrogens with zero attached hydrogens (tertiary/aromatic N) is 4. The number of nitrogens with one attached hydrogen (secondary N) is 3. The van der Waals surface area contributed by atoms with Crippen molar-refractivity contribution in [2.24, 2.45) is 0 Å². The Labute approximate surface area is 136 Å². The molecule has 7 heteroatoms. The van der Waals surface area contributed by atoms with Crippen LogP contribution in [0.2, 0.25) is 0 Å². The lowest BCUT2D eigenvalue weighted by Crippen LogP contribution is -2.13. The maximum absolute atomic E-state index is 4.39. The highest BCUT2D eigenvalue weighted by atomic mass is 15.3. The zero-order valence-electron chi connectivity index (χ0n) is 13.8. The molecule has 0 aromatic carbocycles. The van der Waals surface area contributed by atoms with E-state index in [1.54, 1.807) is 6.20 Å². The first-order valence-electron chi connectivity index (χ1n) is 8.26. The van der Waals surface area contributed by atoms with E-state index in [9.17, 15) is 0 Å². The van der Waals surface area contributed by atoms with E-state index < -0.39 is 0 Å². The van der Waals surface area contributed by atoms with Crippen molar-refractivity contribution in [2.45, 2.75) is 31.6 Å². The first kappa shape index (κ1) is 15.7. The summed E-state index contributed by atoms with van der Waals surface area (Å²) in [4.78, 5) is 10.4. The Morgan fingerprint density at radius 1 is 1.17 bits per heavy atom. The Morgan fingerprint density at radius 2 is 1.96 bits per heavy atom. The summed E-state index contributed by atoms with van der Waals surface area (Å²) in [6.07, 6.45) is 7.04. The smallest absolute Gasteiger partial charge is 0.226 e. The van der Waals surface area contributed by atoms with Gasteiger partial charge in [-0.2, -0.15) is 10.1 Å². The molecule has 3 N–H and O–H groups in total. The normalized spacial score (nSPS) is 16.6. The number of H-pyrrole nitrogens is 1. The van der Waals surface area contributed by atoms with Crippen molar-refractivity contribution in [1.82, 2.24) is 25.5 Å². The Morgan fingerprint density at radius 3 is 2.57 bits per heavy atom. The van der Waals surface area contributed by atoms with Crippen LogP contribution in [0.25, 0.3) is 0 Å². The van der Waals surface area contributed by atoms with Crippen LogP contribution in [-0.4, -0.2) is 47.4 Å². The summed E-state index contributed by atoms with van der Waals surface area (Å²) in [5, 5.41) is 13.7. The molecule has 0 radical (unpaired) electrons. The van der Waals surface area contributed by atoms with Crippen LogP contribution in [0.4, 0.5) is 17.6 Å². The molecular weight excluding hydrogens is 290 g/mol. The predicted molar refractivity (Wildman–Crippen MR) is 92.3 cm³/mol. The summed E-state index contributed by atoms with van der Waals surface area (Å²) in [5.74, 6) is 2.91. The van der Waals surface area contributed by atoms with Crippen molar-refractivity contribution in [1.29, 1.82) is 0 Å². The predicted octanol–water partition coefficient (Wildman–Crippen LogP) is 2.26. The Kier molecular flexibility index (Phi) is 5.07. The maximum atomic E-state index is 4.39. The molecule has 0 bridgehead atoms. The first-order valence-corrected chi connectivity index (χ1v) is 8.26. The molecule has 7 nitrogen and oxygen atoms in total. The second-order valence-electron chi connectivity index (χ2n) is 6.20. The van der Waals surface area contributed by atoms with E-state index >= 15 is 0 Å². The molecule has 124 valence electrons. The number of anilines is 3. The minimum atomic E-state index is 0.677. The van der Waals surface area contributed by atoms with Gasteiger partial charge in [-0.25, -0.2) is 4.98 Å². The van der Waals surface area contributed by atoms with Gasteiger partial charge in [0, 0.05) is 38.0 Å². The summed E-state index contributed by atoms with van der Waals surface area (Å²) in [7, 11) is 3.83. The molecule has 4 rings (SSSR count). The number of hydrogen-bond donors (Lipinski definition) is 3. The lowest BCUT2D eigenvalue weighted by molar-refractivity contribution is 0.857. The van der Waals surface area contributed by atoms with Gasteiger partial charge in [0.1, 0.15) is 5.82 Å². The van der Waals surface area contributed by atoms with Gasteiger partial charge in [0.25, 0.3) is 0 Å². The molecule has 3 heterocycles. The van der Waals surface area contributed by atoms with Crippen LogP contribution in [0.1, 0.15) is 37.3 Å². The minimum absolute atomic E-state index is 0.677. The maximum Gasteiger partial charge on any atom is 0.226 e. The second-order valence-corrected chi connectivity index (χ2v) is 6.20. The van der Waals surface area contributed by atoms with E-state index in [-0.39, 0.29) is 0 Å². The fourth-order valence-corrected chi connectivity index (χ4v) is 2.39. The molecule has 0 amide bonds. The third-order valence-corrected chi connectivity index (χ3v) is 3.87. The SMILES string of the molecule is C1CCNC1.CN(C)c1nccc(Nc2cc(C3CC3)[nH]n2)n1. The molecule has 0 atom stereocenters. The van der Waals surface area contributed by atoms with Gasteiger partial charge in [-0.3, -0.25) is 5.10 Å². The molecule has 2 aromatic heterocycles. The van der Waals surface area contributed by atoms with E-state index in [1.807, 2.05) is 25.1 Å². The molecule has 0 unspecified atom stereocenters. The summed E-state index contributed by atoms with van der Waals surface area (Å²) in [5.41, 5.74) is 1.21. The van der Waals surface area contributed by atoms with Crippen LogP contribution in [0.3, 0.4) is 0 Å². The summed E-state index contributed by atoms with van der Waals surface area (Å²) < 4.78 is 0. The molecule has 1 saturated heterocycles. The highest BCUT2D eigenvalue weighted by Gasteiger charge is 2.25. The molecular formula is C16H25N7. The van der Waals surface area contributed by atoms with E-state index in [0.29, 0.717) is 11.9 Å². The average molecular weight is 315 g/mol. The van der Waals surface area contributed by atoms with Crippen molar-refractivity contribution >= 4 is 17.6 Å². The topological polar surface area (TPSA) is 81.8 Å². The summed E-state index contributed by atoms with van der Waals surface area (Å²) in [6, 6.07) is 3.88. The average Bonchev–Trinajstić information content (AvgIpc) is 3.04. The lowest BCUT2D eigenvalue weighted by atomic mass is 10.3. The Hall–Kier alpha value is -2.15. The van der Waals surface area contributed by atoms with E-state index in [4.69, 9.17) is 0 Å². The van der Waals surface area contributed by atoms with Gasteiger partial charge in [0.05, 0.1) is 0 Å². The summed E-state index contributed by atoms with van der Waals surface area (Å²) >= 11 is 0. The first-order chi connectivity index (χ1) is 11.2. The highest BCUT2D eigenvalue weighted by molar-refractivity contribution is 5.53. The van der Waals surface area contributed by atoms with Crippen molar-refractivity contribution in [2.75, 3.05) is 37.4 Å². The molecule has 2 fully saturated rings. The Bertz CT molecular complexity index is 607. The Balaban J connectivity index is 0.000000267. The molecule has 0 spiro atoms. The van der Waals surface area contributed by atoms with Gasteiger partial charge >= 0.3 is 0 Å².